The molecule has 0 spiro atoms. The molecule has 7 heteroatoms. The number of benzene rings is 3. The monoisotopic (exact) mass is 459 g/mol. The second-order valence-corrected chi connectivity index (χ2v) is 7.88. The first-order valence-corrected chi connectivity index (χ1v) is 9.85. The summed E-state index contributed by atoms with van der Waals surface area (Å²) in [5, 5.41) is 6.19. The van der Waals surface area contributed by atoms with E-state index >= 15 is 0 Å². The maximum absolute atomic E-state index is 6.21. The molecule has 0 radical (unpaired) electrons. The normalized spacial score (nSPS) is 10.7. The van der Waals surface area contributed by atoms with Gasteiger partial charge in [0.15, 0.2) is 0 Å². The number of hydrogen-bond acceptors (Lipinski definition) is 2. The molecule has 0 bridgehead atoms. The highest BCUT2D eigenvalue weighted by Crippen LogP contribution is 2.29. The van der Waals surface area contributed by atoms with E-state index in [-0.39, 0.29) is 0 Å². The minimum Gasteiger partial charge on any atom is -0.488 e. The summed E-state index contributed by atoms with van der Waals surface area (Å²) < 4.78 is 5.96. The molecule has 0 atom stereocenters. The van der Waals surface area contributed by atoms with Gasteiger partial charge in [-0.2, -0.15) is 0 Å². The van der Waals surface area contributed by atoms with E-state index in [0.29, 0.717) is 44.0 Å². The van der Waals surface area contributed by atoms with Crippen LogP contribution in [0.3, 0.4) is 0 Å². The molecule has 27 heavy (non-hydrogen) atoms. The molecule has 0 aliphatic rings. The third-order valence-corrected chi connectivity index (χ3v) is 5.21. The Bertz CT molecular complexity index is 961. The van der Waals surface area contributed by atoms with Crippen LogP contribution in [0.4, 0.5) is 5.69 Å². The Kier molecular flexibility index (Phi) is 7.02. The summed E-state index contributed by atoms with van der Waals surface area (Å²) in [5.74, 6) is 0.691. The summed E-state index contributed by atoms with van der Waals surface area (Å²) in [6, 6.07) is 16.0. The van der Waals surface area contributed by atoms with Crippen LogP contribution in [0.2, 0.25) is 25.1 Å². The Morgan fingerprint density at radius 2 is 1.33 bits per heavy atom. The van der Waals surface area contributed by atoms with Gasteiger partial charge in [-0.3, -0.25) is 0 Å². The zero-order valence-electron chi connectivity index (χ0n) is 13.9. The van der Waals surface area contributed by atoms with Gasteiger partial charge in [0.1, 0.15) is 12.4 Å². The van der Waals surface area contributed by atoms with Gasteiger partial charge in [0.2, 0.25) is 0 Å². The van der Waals surface area contributed by atoms with Gasteiger partial charge >= 0.3 is 0 Å². The molecule has 0 aliphatic carbocycles. The van der Waals surface area contributed by atoms with Crippen molar-refractivity contribution in [3.63, 3.8) is 0 Å². The number of halogens is 5. The van der Waals surface area contributed by atoms with E-state index in [1.807, 2.05) is 18.2 Å². The average Bonchev–Trinajstić information content (AvgIpc) is 2.63. The lowest BCUT2D eigenvalue weighted by Gasteiger charge is -2.15. The van der Waals surface area contributed by atoms with Crippen molar-refractivity contribution < 1.29 is 4.74 Å². The topological polar surface area (TPSA) is 21.3 Å². The summed E-state index contributed by atoms with van der Waals surface area (Å²) in [4.78, 5) is 0. The van der Waals surface area contributed by atoms with Crippen LogP contribution in [0.15, 0.2) is 54.6 Å². The summed E-state index contributed by atoms with van der Waals surface area (Å²) >= 11 is 30.5. The molecule has 0 heterocycles. The summed E-state index contributed by atoms with van der Waals surface area (Å²) in [6.45, 7) is 0.771. The average molecular weight is 462 g/mol. The zero-order chi connectivity index (χ0) is 19.4. The number of rotatable bonds is 6. The van der Waals surface area contributed by atoms with E-state index < -0.39 is 0 Å². The zero-order valence-corrected chi connectivity index (χ0v) is 17.7. The fourth-order valence-electron chi connectivity index (χ4n) is 2.44. The van der Waals surface area contributed by atoms with Crippen molar-refractivity contribution in [2.24, 2.45) is 0 Å². The molecule has 3 aromatic carbocycles. The number of ether oxygens (including phenoxy) is 1. The predicted octanol–water partition coefficient (Wildman–Crippen LogP) is 8.14. The van der Waals surface area contributed by atoms with Gasteiger partial charge < -0.3 is 10.1 Å². The van der Waals surface area contributed by atoms with Crippen LogP contribution in [-0.2, 0) is 13.2 Å². The third kappa shape index (κ3) is 5.60. The third-order valence-electron chi connectivity index (χ3n) is 3.82. The Labute approximate surface area is 182 Å². The molecular formula is C20H14Cl5NO. The first-order chi connectivity index (χ1) is 12.9. The fraction of sp³-hybridized carbons (Fsp3) is 0.100. The van der Waals surface area contributed by atoms with Crippen molar-refractivity contribution in [1.82, 2.24) is 0 Å². The van der Waals surface area contributed by atoms with Gasteiger partial charge in [-0.05, 0) is 48.5 Å². The SMILES string of the molecule is Clc1ccc(COc2ccc(Cl)cc2CNc2cc(Cl)ccc2Cl)c(Cl)c1. The highest BCUT2D eigenvalue weighted by Gasteiger charge is 2.09. The van der Waals surface area contributed by atoms with Gasteiger partial charge in [-0.25, -0.2) is 0 Å². The second kappa shape index (κ2) is 9.27. The Morgan fingerprint density at radius 1 is 0.667 bits per heavy atom. The van der Waals surface area contributed by atoms with Crippen molar-refractivity contribution >= 4 is 63.7 Å². The fourth-order valence-corrected chi connectivity index (χ4v) is 3.46. The summed E-state index contributed by atoms with van der Waals surface area (Å²) in [7, 11) is 0. The minimum absolute atomic E-state index is 0.308. The van der Waals surface area contributed by atoms with Crippen LogP contribution in [0.1, 0.15) is 11.1 Å². The lowest BCUT2D eigenvalue weighted by Crippen LogP contribution is -2.04. The van der Waals surface area contributed by atoms with E-state index in [1.54, 1.807) is 36.4 Å². The molecule has 0 amide bonds. The lowest BCUT2D eigenvalue weighted by atomic mass is 10.2. The smallest absolute Gasteiger partial charge is 0.124 e. The molecule has 0 saturated heterocycles. The molecule has 3 aromatic rings. The first kappa shape index (κ1) is 20.4. The molecule has 1 N–H and O–H groups in total. The summed E-state index contributed by atoms with van der Waals surface area (Å²) in [6.07, 6.45) is 0. The van der Waals surface area contributed by atoms with E-state index in [0.717, 1.165) is 16.8 Å². The van der Waals surface area contributed by atoms with E-state index in [2.05, 4.69) is 5.32 Å². The lowest BCUT2D eigenvalue weighted by molar-refractivity contribution is 0.303. The van der Waals surface area contributed by atoms with Crippen molar-refractivity contribution in [2.45, 2.75) is 13.2 Å². The van der Waals surface area contributed by atoms with E-state index in [4.69, 9.17) is 62.7 Å². The molecule has 0 aliphatic heterocycles. The van der Waals surface area contributed by atoms with Crippen LogP contribution < -0.4 is 10.1 Å². The van der Waals surface area contributed by atoms with Gasteiger partial charge in [-0.1, -0.05) is 64.1 Å². The minimum atomic E-state index is 0.308. The van der Waals surface area contributed by atoms with Crippen LogP contribution in [0.5, 0.6) is 5.75 Å². The van der Waals surface area contributed by atoms with E-state index in [1.165, 1.54) is 0 Å². The Balaban J connectivity index is 1.75. The predicted molar refractivity (Wildman–Crippen MR) is 116 cm³/mol. The molecule has 0 unspecified atom stereocenters. The number of anilines is 1. The second-order valence-electron chi connectivity index (χ2n) is 5.75. The Hall–Kier alpha value is -1.29. The Morgan fingerprint density at radius 3 is 2.11 bits per heavy atom. The molecule has 0 aromatic heterocycles. The van der Waals surface area contributed by atoms with Gasteiger partial charge in [0.05, 0.1) is 10.7 Å². The largest absolute Gasteiger partial charge is 0.488 e. The maximum Gasteiger partial charge on any atom is 0.124 e. The molecule has 0 fully saturated rings. The molecule has 2 nitrogen and oxygen atoms in total. The van der Waals surface area contributed by atoms with Crippen LogP contribution >= 0.6 is 58.0 Å². The molecule has 0 saturated carbocycles. The van der Waals surface area contributed by atoms with Crippen LogP contribution in [0, 0.1) is 0 Å². The highest BCUT2D eigenvalue weighted by atomic mass is 35.5. The maximum atomic E-state index is 6.21. The number of hydrogen-bond donors (Lipinski definition) is 1. The molecule has 140 valence electrons. The standard InChI is InChI=1S/C20H14Cl5NO/c21-14-4-6-20(27-11-12-1-2-15(22)8-18(12)25)13(7-14)10-26-19-9-16(23)3-5-17(19)24/h1-9,26H,10-11H2. The summed E-state index contributed by atoms with van der Waals surface area (Å²) in [5.41, 5.74) is 2.45. The van der Waals surface area contributed by atoms with Crippen LogP contribution in [-0.4, -0.2) is 0 Å². The van der Waals surface area contributed by atoms with Crippen LogP contribution in [0.25, 0.3) is 0 Å². The first-order valence-electron chi connectivity index (χ1n) is 7.96. The van der Waals surface area contributed by atoms with Crippen molar-refractivity contribution in [3.8, 4) is 5.75 Å². The van der Waals surface area contributed by atoms with E-state index in [9.17, 15) is 0 Å². The quantitative estimate of drug-likeness (QED) is 0.400. The van der Waals surface area contributed by atoms with Gasteiger partial charge in [0.25, 0.3) is 0 Å². The van der Waals surface area contributed by atoms with Crippen molar-refractivity contribution in [3.05, 3.63) is 90.8 Å². The van der Waals surface area contributed by atoms with Gasteiger partial charge in [0, 0.05) is 37.8 Å². The highest BCUT2D eigenvalue weighted by molar-refractivity contribution is 6.35. The van der Waals surface area contributed by atoms with Crippen molar-refractivity contribution in [1.29, 1.82) is 0 Å². The molecule has 3 rings (SSSR count). The van der Waals surface area contributed by atoms with Crippen molar-refractivity contribution in [2.75, 3.05) is 5.32 Å². The molecular weight excluding hydrogens is 447 g/mol. The number of nitrogens with one attached hydrogen (secondary N) is 1. The van der Waals surface area contributed by atoms with Gasteiger partial charge in [-0.15, -0.1) is 0 Å².